The second-order valence-electron chi connectivity index (χ2n) is 9.68. The van der Waals surface area contributed by atoms with Crippen LogP contribution in [-0.4, -0.2) is 90.7 Å². The monoisotopic (exact) mass is 464 g/mol. The van der Waals surface area contributed by atoms with E-state index in [9.17, 15) is 4.79 Å². The molecule has 4 heterocycles. The highest BCUT2D eigenvalue weighted by molar-refractivity contribution is 5.94. The first-order valence-electron chi connectivity index (χ1n) is 12.7. The van der Waals surface area contributed by atoms with Gasteiger partial charge in [-0.05, 0) is 44.2 Å². The predicted octanol–water partition coefficient (Wildman–Crippen LogP) is 2.66. The molecule has 2 aromatic rings. The Hall–Kier alpha value is -2.71. The molecule has 3 aliphatic rings. The number of anilines is 2. The third kappa shape index (κ3) is 5.18. The van der Waals surface area contributed by atoms with Gasteiger partial charge in [0.05, 0.1) is 13.2 Å². The van der Waals surface area contributed by atoms with Crippen molar-refractivity contribution in [3.05, 3.63) is 47.9 Å². The third-order valence-corrected chi connectivity index (χ3v) is 7.57. The Balaban J connectivity index is 1.15. The maximum absolute atomic E-state index is 13.3. The predicted molar refractivity (Wildman–Crippen MR) is 133 cm³/mol. The quantitative estimate of drug-likeness (QED) is 0.705. The lowest BCUT2D eigenvalue weighted by Gasteiger charge is -2.40. The van der Waals surface area contributed by atoms with E-state index >= 15 is 0 Å². The van der Waals surface area contributed by atoms with Gasteiger partial charge in [-0.2, -0.15) is 0 Å². The summed E-state index contributed by atoms with van der Waals surface area (Å²) in [4.78, 5) is 29.0. The Morgan fingerprint density at radius 3 is 2.56 bits per heavy atom. The number of para-hydroxylation sites is 1. The molecule has 34 heavy (non-hydrogen) atoms. The molecule has 3 aliphatic heterocycles. The molecule has 8 heteroatoms. The lowest BCUT2D eigenvalue weighted by Crippen LogP contribution is -2.50. The van der Waals surface area contributed by atoms with Gasteiger partial charge < -0.3 is 19.9 Å². The minimum Gasteiger partial charge on any atom is -0.379 e. The summed E-state index contributed by atoms with van der Waals surface area (Å²) >= 11 is 0. The highest BCUT2D eigenvalue weighted by Gasteiger charge is 2.30. The molecule has 3 saturated heterocycles. The van der Waals surface area contributed by atoms with Crippen LogP contribution in [0.2, 0.25) is 0 Å². The lowest BCUT2D eigenvalue weighted by atomic mass is 10.0. The molecule has 3 fully saturated rings. The van der Waals surface area contributed by atoms with Crippen molar-refractivity contribution in [3.8, 4) is 0 Å². The number of rotatable bonds is 6. The van der Waals surface area contributed by atoms with Crippen LogP contribution in [0.5, 0.6) is 0 Å². The SMILES string of the molecule is Cc1c(NCC2CCN(c3ccccc3)C2)ncnc1C(=O)N1CCC(N2CCOCC2)CC1. The summed E-state index contributed by atoms with van der Waals surface area (Å²) in [6.45, 7) is 10.1. The summed E-state index contributed by atoms with van der Waals surface area (Å²) in [5.41, 5.74) is 2.66. The number of hydrogen-bond donors (Lipinski definition) is 1. The molecule has 0 bridgehead atoms. The number of carbonyl (C=O) groups excluding carboxylic acids is 1. The van der Waals surface area contributed by atoms with Crippen LogP contribution < -0.4 is 10.2 Å². The molecule has 182 valence electrons. The standard InChI is InChI=1S/C26H36N6O2/c1-20-24(26(33)31-11-8-23(9-12-31)30-13-15-34-16-14-30)28-19-29-25(20)27-17-21-7-10-32(18-21)22-5-3-2-4-6-22/h2-6,19,21,23H,7-18H2,1H3,(H,27,28,29). The maximum Gasteiger partial charge on any atom is 0.272 e. The molecule has 0 spiro atoms. The van der Waals surface area contributed by atoms with Crippen molar-refractivity contribution in [2.75, 3.05) is 69.2 Å². The van der Waals surface area contributed by atoms with Crippen molar-refractivity contribution < 1.29 is 9.53 Å². The van der Waals surface area contributed by atoms with Crippen LogP contribution in [0.3, 0.4) is 0 Å². The smallest absolute Gasteiger partial charge is 0.272 e. The Morgan fingerprint density at radius 1 is 1.03 bits per heavy atom. The fourth-order valence-corrected chi connectivity index (χ4v) is 5.48. The van der Waals surface area contributed by atoms with Gasteiger partial charge in [0.1, 0.15) is 17.8 Å². The Bertz CT molecular complexity index is 957. The molecule has 0 radical (unpaired) electrons. The van der Waals surface area contributed by atoms with Crippen molar-refractivity contribution in [2.45, 2.75) is 32.2 Å². The zero-order valence-corrected chi connectivity index (χ0v) is 20.2. The molecular formula is C26H36N6O2. The van der Waals surface area contributed by atoms with Gasteiger partial charge in [-0.15, -0.1) is 0 Å². The average Bonchev–Trinajstić information content (AvgIpc) is 3.38. The first-order valence-corrected chi connectivity index (χ1v) is 12.7. The second-order valence-corrected chi connectivity index (χ2v) is 9.68. The van der Waals surface area contributed by atoms with Gasteiger partial charge in [-0.1, -0.05) is 18.2 Å². The molecule has 1 atom stereocenters. The molecule has 1 N–H and O–H groups in total. The van der Waals surface area contributed by atoms with E-state index < -0.39 is 0 Å². The van der Waals surface area contributed by atoms with Crippen molar-refractivity contribution in [1.82, 2.24) is 19.8 Å². The van der Waals surface area contributed by atoms with Crippen LogP contribution in [-0.2, 0) is 4.74 Å². The fraction of sp³-hybridized carbons (Fsp3) is 0.577. The zero-order chi connectivity index (χ0) is 23.3. The number of benzene rings is 1. The fourth-order valence-electron chi connectivity index (χ4n) is 5.48. The molecule has 8 nitrogen and oxygen atoms in total. The number of piperidine rings is 1. The summed E-state index contributed by atoms with van der Waals surface area (Å²) in [5.74, 6) is 1.35. The Morgan fingerprint density at radius 2 is 1.79 bits per heavy atom. The van der Waals surface area contributed by atoms with E-state index in [1.165, 1.54) is 12.0 Å². The van der Waals surface area contributed by atoms with E-state index in [4.69, 9.17) is 4.74 Å². The summed E-state index contributed by atoms with van der Waals surface area (Å²) in [6, 6.07) is 11.1. The number of carbonyl (C=O) groups is 1. The molecule has 1 unspecified atom stereocenters. The lowest BCUT2D eigenvalue weighted by molar-refractivity contribution is 0.00152. The summed E-state index contributed by atoms with van der Waals surface area (Å²) < 4.78 is 5.48. The Kier molecular flexibility index (Phi) is 7.25. The normalized spacial score (nSPS) is 22.2. The van der Waals surface area contributed by atoms with E-state index in [-0.39, 0.29) is 5.91 Å². The van der Waals surface area contributed by atoms with E-state index in [1.807, 2.05) is 11.8 Å². The number of hydrogen-bond acceptors (Lipinski definition) is 7. The number of ether oxygens (including phenoxy) is 1. The van der Waals surface area contributed by atoms with Crippen LogP contribution in [0.1, 0.15) is 35.3 Å². The van der Waals surface area contributed by atoms with Gasteiger partial charge in [0.15, 0.2) is 0 Å². The summed E-state index contributed by atoms with van der Waals surface area (Å²) in [6.07, 6.45) is 4.70. The van der Waals surface area contributed by atoms with Gasteiger partial charge in [-0.25, -0.2) is 9.97 Å². The van der Waals surface area contributed by atoms with E-state index in [0.717, 1.165) is 89.7 Å². The highest BCUT2D eigenvalue weighted by Crippen LogP contribution is 2.25. The van der Waals surface area contributed by atoms with E-state index in [2.05, 4.69) is 55.4 Å². The number of amides is 1. The summed E-state index contributed by atoms with van der Waals surface area (Å²) in [5, 5.41) is 3.51. The van der Waals surface area contributed by atoms with E-state index in [0.29, 0.717) is 17.7 Å². The van der Waals surface area contributed by atoms with Crippen molar-refractivity contribution in [2.24, 2.45) is 5.92 Å². The topological polar surface area (TPSA) is 73.8 Å². The number of nitrogens with one attached hydrogen (secondary N) is 1. The first-order chi connectivity index (χ1) is 16.7. The van der Waals surface area contributed by atoms with Gasteiger partial charge in [0, 0.05) is 63.1 Å². The average molecular weight is 465 g/mol. The first kappa shape index (κ1) is 23.1. The van der Waals surface area contributed by atoms with Crippen LogP contribution in [0.25, 0.3) is 0 Å². The van der Waals surface area contributed by atoms with Gasteiger partial charge >= 0.3 is 0 Å². The number of morpholine rings is 1. The molecule has 0 saturated carbocycles. The van der Waals surface area contributed by atoms with Gasteiger partial charge in [0.25, 0.3) is 5.91 Å². The van der Waals surface area contributed by atoms with Crippen molar-refractivity contribution >= 4 is 17.4 Å². The Labute approximate surface area is 202 Å². The molecule has 1 aromatic carbocycles. The number of likely N-dealkylation sites (tertiary alicyclic amines) is 1. The molecular weight excluding hydrogens is 428 g/mol. The maximum atomic E-state index is 13.3. The molecule has 0 aliphatic carbocycles. The third-order valence-electron chi connectivity index (χ3n) is 7.57. The van der Waals surface area contributed by atoms with Crippen molar-refractivity contribution in [3.63, 3.8) is 0 Å². The van der Waals surface area contributed by atoms with E-state index in [1.54, 1.807) is 0 Å². The second kappa shape index (κ2) is 10.7. The largest absolute Gasteiger partial charge is 0.379 e. The molecule has 1 aromatic heterocycles. The molecule has 5 rings (SSSR count). The van der Waals surface area contributed by atoms with Crippen LogP contribution >= 0.6 is 0 Å². The highest BCUT2D eigenvalue weighted by atomic mass is 16.5. The van der Waals surface area contributed by atoms with Crippen molar-refractivity contribution in [1.29, 1.82) is 0 Å². The number of nitrogens with zero attached hydrogens (tertiary/aromatic N) is 5. The zero-order valence-electron chi connectivity index (χ0n) is 20.2. The van der Waals surface area contributed by atoms with Crippen LogP contribution in [0, 0.1) is 12.8 Å². The molecule has 1 amide bonds. The van der Waals surface area contributed by atoms with Crippen LogP contribution in [0.15, 0.2) is 36.7 Å². The summed E-state index contributed by atoms with van der Waals surface area (Å²) in [7, 11) is 0. The van der Waals surface area contributed by atoms with Gasteiger partial charge in [-0.3, -0.25) is 9.69 Å². The van der Waals surface area contributed by atoms with Gasteiger partial charge in [0.2, 0.25) is 0 Å². The number of aromatic nitrogens is 2. The minimum absolute atomic E-state index is 0.0273. The van der Waals surface area contributed by atoms with Crippen LogP contribution in [0.4, 0.5) is 11.5 Å². The minimum atomic E-state index is 0.0273.